The summed E-state index contributed by atoms with van der Waals surface area (Å²) in [5.41, 5.74) is -1.93. The molecule has 0 saturated heterocycles. The van der Waals surface area contributed by atoms with Crippen molar-refractivity contribution in [3.8, 4) is 0 Å². The Hall–Kier alpha value is -2.69. The van der Waals surface area contributed by atoms with Crippen LogP contribution in [0.1, 0.15) is 0 Å². The smallest absolute Gasteiger partial charge is 0.339 e. The molecule has 2 rings (SSSR count). The van der Waals surface area contributed by atoms with Crippen LogP contribution in [0.15, 0.2) is 31.9 Å². The average molecular weight is 310 g/mol. The van der Waals surface area contributed by atoms with Gasteiger partial charge < -0.3 is 5.32 Å². The van der Waals surface area contributed by atoms with Gasteiger partial charge in [0.1, 0.15) is 10.8 Å². The number of aromatic amines is 1. The Morgan fingerprint density at radius 1 is 1.38 bits per heavy atom. The van der Waals surface area contributed by atoms with E-state index in [0.29, 0.717) is 5.82 Å². The predicted molar refractivity (Wildman–Crippen MR) is 74.7 cm³/mol. The molecular formula is C10H10N6O4S. The van der Waals surface area contributed by atoms with E-state index in [0.717, 1.165) is 11.8 Å². The lowest BCUT2D eigenvalue weighted by Gasteiger charge is -2.06. The van der Waals surface area contributed by atoms with Crippen LogP contribution in [0.3, 0.4) is 0 Å². The van der Waals surface area contributed by atoms with Gasteiger partial charge >= 0.3 is 11.1 Å². The highest BCUT2D eigenvalue weighted by Gasteiger charge is 2.14. The number of nitro groups is 1. The number of hydrogen-bond acceptors (Lipinski definition) is 8. The lowest BCUT2D eigenvalue weighted by Crippen LogP contribution is -2.33. The summed E-state index contributed by atoms with van der Waals surface area (Å²) in [6, 6.07) is 2.53. The minimum Gasteiger partial charge on any atom is -0.373 e. The highest BCUT2D eigenvalue weighted by molar-refractivity contribution is 7.99. The second kappa shape index (κ2) is 5.75. The van der Waals surface area contributed by atoms with Crippen molar-refractivity contribution in [2.75, 3.05) is 12.4 Å². The lowest BCUT2D eigenvalue weighted by atomic mass is 10.4. The number of nitrogens with one attached hydrogen (secondary N) is 2. The fourth-order valence-corrected chi connectivity index (χ4v) is 2.24. The fraction of sp³-hybridized carbons (Fsp3) is 0.200. The summed E-state index contributed by atoms with van der Waals surface area (Å²) in [6.07, 6.45) is 0. The molecule has 2 N–H and O–H groups in total. The van der Waals surface area contributed by atoms with E-state index in [4.69, 9.17) is 0 Å². The van der Waals surface area contributed by atoms with Gasteiger partial charge in [0.05, 0.1) is 11.0 Å². The van der Waals surface area contributed by atoms with E-state index in [9.17, 15) is 19.7 Å². The Labute approximate surface area is 121 Å². The molecule has 2 heterocycles. The van der Waals surface area contributed by atoms with Crippen LogP contribution < -0.4 is 16.4 Å². The summed E-state index contributed by atoms with van der Waals surface area (Å²) >= 11 is 0.924. The van der Waals surface area contributed by atoms with Crippen LogP contribution in [0.25, 0.3) is 0 Å². The molecule has 21 heavy (non-hydrogen) atoms. The van der Waals surface area contributed by atoms with Crippen LogP contribution in [0, 0.1) is 10.1 Å². The second-order valence-electron chi connectivity index (χ2n) is 3.86. The van der Waals surface area contributed by atoms with Crippen LogP contribution in [0.5, 0.6) is 0 Å². The Kier molecular flexibility index (Phi) is 4.03. The molecule has 110 valence electrons. The molecule has 11 heteroatoms. The van der Waals surface area contributed by atoms with Crippen LogP contribution in [-0.2, 0) is 7.05 Å². The third-order valence-electron chi connectivity index (χ3n) is 2.40. The van der Waals surface area contributed by atoms with E-state index < -0.39 is 16.0 Å². The number of aromatic nitrogens is 4. The van der Waals surface area contributed by atoms with Gasteiger partial charge in [-0.3, -0.25) is 29.5 Å². The Morgan fingerprint density at radius 2 is 2.10 bits per heavy atom. The normalized spacial score (nSPS) is 10.4. The van der Waals surface area contributed by atoms with Crippen molar-refractivity contribution >= 4 is 23.3 Å². The van der Waals surface area contributed by atoms with Crippen molar-refractivity contribution in [1.29, 1.82) is 0 Å². The van der Waals surface area contributed by atoms with Gasteiger partial charge in [-0.05, 0) is 11.8 Å². The van der Waals surface area contributed by atoms with E-state index in [1.54, 1.807) is 7.05 Å². The van der Waals surface area contributed by atoms with Crippen LogP contribution in [-0.4, -0.2) is 31.7 Å². The maximum Gasteiger partial charge on any atom is 0.339 e. The molecule has 0 radical (unpaired) electrons. The number of pyridine rings is 1. The van der Waals surface area contributed by atoms with Crippen LogP contribution in [0.4, 0.5) is 11.5 Å². The first-order chi connectivity index (χ1) is 9.90. The fourth-order valence-electron chi connectivity index (χ4n) is 1.42. The van der Waals surface area contributed by atoms with E-state index >= 15 is 0 Å². The molecule has 0 amide bonds. The number of H-pyrrole nitrogens is 1. The number of nitrogens with zero attached hydrogens (tertiary/aromatic N) is 4. The van der Waals surface area contributed by atoms with Crippen molar-refractivity contribution in [2.24, 2.45) is 7.05 Å². The molecule has 0 unspecified atom stereocenters. The van der Waals surface area contributed by atoms with Crippen LogP contribution in [0.2, 0.25) is 0 Å². The molecule has 2 aromatic heterocycles. The molecule has 0 aliphatic carbocycles. The number of hydrogen-bond donors (Lipinski definition) is 2. The maximum absolute atomic E-state index is 11.3. The minimum atomic E-state index is -0.935. The third-order valence-corrected chi connectivity index (χ3v) is 3.36. The Balaban J connectivity index is 2.46. The van der Waals surface area contributed by atoms with Crippen molar-refractivity contribution in [3.63, 3.8) is 0 Å². The zero-order valence-corrected chi connectivity index (χ0v) is 11.8. The largest absolute Gasteiger partial charge is 0.373 e. The van der Waals surface area contributed by atoms with Gasteiger partial charge in [-0.2, -0.15) is 4.98 Å². The van der Waals surface area contributed by atoms with E-state index in [2.05, 4.69) is 20.4 Å². The molecule has 0 saturated carbocycles. The first kappa shape index (κ1) is 14.7. The number of rotatable bonds is 4. The molecule has 0 atom stereocenters. The summed E-state index contributed by atoms with van der Waals surface area (Å²) < 4.78 is 1.24. The Morgan fingerprint density at radius 3 is 2.71 bits per heavy atom. The Bertz CT molecular complexity index is 814. The van der Waals surface area contributed by atoms with Gasteiger partial charge in [0, 0.05) is 20.2 Å². The summed E-state index contributed by atoms with van der Waals surface area (Å²) in [6.45, 7) is 0. The highest BCUT2D eigenvalue weighted by atomic mass is 32.2. The van der Waals surface area contributed by atoms with Gasteiger partial charge in [0.25, 0.3) is 5.69 Å². The zero-order chi connectivity index (χ0) is 15.6. The average Bonchev–Trinajstić information content (AvgIpc) is 2.44. The van der Waals surface area contributed by atoms with E-state index in [-0.39, 0.29) is 15.9 Å². The standard InChI is InChI=1S/C10H10N6O4S/c1-11-6-3-5(16(19)20)4-7(12-6)21-10-13-8(17)9(18)14-15(10)2/h3-4H,1-2H3,(H,11,12)(H,14,18). The quantitative estimate of drug-likeness (QED) is 0.456. The van der Waals surface area contributed by atoms with Crippen molar-refractivity contribution in [2.45, 2.75) is 10.2 Å². The van der Waals surface area contributed by atoms with Crippen molar-refractivity contribution in [1.82, 2.24) is 19.7 Å². The zero-order valence-electron chi connectivity index (χ0n) is 11.0. The molecule has 0 bridgehead atoms. The first-order valence-electron chi connectivity index (χ1n) is 5.60. The monoisotopic (exact) mass is 310 g/mol. The van der Waals surface area contributed by atoms with Crippen molar-refractivity contribution in [3.05, 3.63) is 43.0 Å². The number of anilines is 1. The van der Waals surface area contributed by atoms with Gasteiger partial charge in [0.15, 0.2) is 5.16 Å². The van der Waals surface area contributed by atoms with E-state index in [1.165, 1.54) is 23.9 Å². The molecule has 0 fully saturated rings. The molecule has 2 aromatic rings. The van der Waals surface area contributed by atoms with Gasteiger partial charge in [-0.15, -0.1) is 0 Å². The SMILES string of the molecule is CNc1cc([N+](=O)[O-])cc(Sc2nc(=O)c(=O)[nH]n2C)n1. The second-order valence-corrected chi connectivity index (χ2v) is 4.85. The van der Waals surface area contributed by atoms with Gasteiger partial charge in [-0.25, -0.2) is 4.98 Å². The molecule has 0 spiro atoms. The summed E-state index contributed by atoms with van der Waals surface area (Å²) in [4.78, 5) is 40.4. The molecule has 0 aliphatic heterocycles. The molecule has 10 nitrogen and oxygen atoms in total. The van der Waals surface area contributed by atoms with E-state index in [1.807, 2.05) is 0 Å². The summed E-state index contributed by atoms with van der Waals surface area (Å²) in [7, 11) is 3.07. The first-order valence-corrected chi connectivity index (χ1v) is 6.42. The summed E-state index contributed by atoms with van der Waals surface area (Å²) in [5, 5.41) is 16.3. The van der Waals surface area contributed by atoms with Gasteiger partial charge in [0.2, 0.25) is 0 Å². The van der Waals surface area contributed by atoms with Crippen LogP contribution >= 0.6 is 11.8 Å². The predicted octanol–water partition coefficient (Wildman–Crippen LogP) is -0.0353. The van der Waals surface area contributed by atoms with Gasteiger partial charge in [-0.1, -0.05) is 0 Å². The summed E-state index contributed by atoms with van der Waals surface area (Å²) in [5.74, 6) is 0.307. The molecular weight excluding hydrogens is 300 g/mol. The molecule has 0 aromatic carbocycles. The minimum absolute atomic E-state index is 0.147. The molecule has 0 aliphatic rings. The number of aryl methyl sites for hydroxylation is 1. The lowest BCUT2D eigenvalue weighted by molar-refractivity contribution is -0.385. The van der Waals surface area contributed by atoms with Crippen molar-refractivity contribution < 1.29 is 4.92 Å². The maximum atomic E-state index is 11.3. The third kappa shape index (κ3) is 3.25. The topological polar surface area (TPSA) is 136 Å². The highest BCUT2D eigenvalue weighted by Crippen LogP contribution is 2.27.